The fourth-order valence-electron chi connectivity index (χ4n) is 3.54. The second kappa shape index (κ2) is 9.22. The Morgan fingerprint density at radius 2 is 1.84 bits per heavy atom. The van der Waals surface area contributed by atoms with Crippen molar-refractivity contribution < 1.29 is 13.2 Å². The fraction of sp³-hybridized carbons (Fsp3) is 0.318. The van der Waals surface area contributed by atoms with E-state index in [9.17, 15) is 13.2 Å². The van der Waals surface area contributed by atoms with E-state index in [2.05, 4.69) is 28.7 Å². The summed E-state index contributed by atoms with van der Waals surface area (Å²) in [7, 11) is -3.44. The van der Waals surface area contributed by atoms with Crippen molar-refractivity contribution in [3.8, 4) is 0 Å². The number of fused-ring (bicyclic) bond motifs is 2. The molecule has 0 unspecified atom stereocenters. The fourth-order valence-corrected chi connectivity index (χ4v) is 6.17. The molecule has 0 saturated carbocycles. The molecule has 0 bridgehead atoms. The summed E-state index contributed by atoms with van der Waals surface area (Å²) in [6.45, 7) is 7.07. The quantitative estimate of drug-likeness (QED) is 0.368. The van der Waals surface area contributed by atoms with Crippen LogP contribution in [-0.2, 0) is 9.84 Å². The lowest BCUT2D eigenvalue weighted by molar-refractivity contribution is 0.0984. The largest absolute Gasteiger partial charge is 0.302 e. The van der Waals surface area contributed by atoms with Crippen molar-refractivity contribution in [3.63, 3.8) is 0 Å². The van der Waals surface area contributed by atoms with Crippen LogP contribution in [0.2, 0.25) is 0 Å². The van der Waals surface area contributed by atoms with Crippen LogP contribution in [0, 0.1) is 0 Å². The van der Waals surface area contributed by atoms with Crippen molar-refractivity contribution >= 4 is 64.0 Å². The summed E-state index contributed by atoms with van der Waals surface area (Å²) < 4.78 is 26.2. The molecule has 1 amide bonds. The topological polar surface area (TPSA) is 83.5 Å². The number of nitrogens with zero attached hydrogens (tertiary/aromatic N) is 4. The molecule has 0 fully saturated rings. The van der Waals surface area contributed by atoms with Crippen LogP contribution < -0.4 is 4.90 Å². The number of anilines is 1. The number of para-hydroxylation sites is 1. The number of benzene rings is 2. The van der Waals surface area contributed by atoms with Gasteiger partial charge in [-0.05, 0) is 43.4 Å². The monoisotopic (exact) mass is 488 g/mol. The number of sulfone groups is 1. The molecule has 7 nitrogen and oxygen atoms in total. The smallest absolute Gasteiger partial charge is 0.260 e. The van der Waals surface area contributed by atoms with Crippen LogP contribution in [0.5, 0.6) is 0 Å². The van der Waals surface area contributed by atoms with E-state index in [-0.39, 0.29) is 10.8 Å². The Kier molecular flexibility index (Phi) is 6.57. The number of amides is 1. The zero-order valence-electron chi connectivity index (χ0n) is 18.1. The summed E-state index contributed by atoms with van der Waals surface area (Å²) in [5, 5.41) is 0.498. The molecule has 0 aliphatic rings. The molecule has 168 valence electrons. The van der Waals surface area contributed by atoms with E-state index in [0.29, 0.717) is 29.3 Å². The van der Waals surface area contributed by atoms with Gasteiger partial charge in [-0.15, -0.1) is 11.3 Å². The van der Waals surface area contributed by atoms with Crippen molar-refractivity contribution in [2.45, 2.75) is 18.7 Å². The van der Waals surface area contributed by atoms with Gasteiger partial charge < -0.3 is 4.90 Å². The number of carbonyl (C=O) groups excluding carboxylic acids is 1. The van der Waals surface area contributed by atoms with E-state index >= 15 is 0 Å². The predicted octanol–water partition coefficient (Wildman–Crippen LogP) is 4.30. The normalized spacial score (nSPS) is 12.1. The van der Waals surface area contributed by atoms with Gasteiger partial charge in [0.1, 0.15) is 5.52 Å². The first-order valence-corrected chi connectivity index (χ1v) is 13.9. The number of likely N-dealkylation sites (N-methyl/N-ethyl adjacent to an activating group) is 1. The van der Waals surface area contributed by atoms with E-state index in [0.717, 1.165) is 28.0 Å². The molecule has 2 aromatic carbocycles. The van der Waals surface area contributed by atoms with E-state index in [1.165, 1.54) is 28.9 Å². The highest BCUT2D eigenvalue weighted by atomic mass is 32.2. The molecule has 4 rings (SSSR count). The highest BCUT2D eigenvalue weighted by molar-refractivity contribution is 7.91. The Balaban J connectivity index is 1.77. The van der Waals surface area contributed by atoms with E-state index in [1.807, 2.05) is 18.2 Å². The Morgan fingerprint density at radius 1 is 1.06 bits per heavy atom. The van der Waals surface area contributed by atoms with Gasteiger partial charge in [-0.2, -0.15) is 0 Å². The molecule has 10 heteroatoms. The van der Waals surface area contributed by atoms with Crippen LogP contribution in [0.1, 0.15) is 24.2 Å². The number of thiazole rings is 2. The number of hydrogen-bond donors (Lipinski definition) is 0. The lowest BCUT2D eigenvalue weighted by Crippen LogP contribution is -2.38. The molecule has 0 radical (unpaired) electrons. The van der Waals surface area contributed by atoms with Crippen molar-refractivity contribution in [2.24, 2.45) is 0 Å². The van der Waals surface area contributed by atoms with E-state index in [4.69, 9.17) is 0 Å². The van der Waals surface area contributed by atoms with Crippen LogP contribution in [0.15, 0.2) is 46.8 Å². The third kappa shape index (κ3) is 4.54. The number of aromatic nitrogens is 2. The van der Waals surface area contributed by atoms with Gasteiger partial charge in [0.2, 0.25) is 0 Å². The molecular formula is C22H24N4O3S3. The van der Waals surface area contributed by atoms with Crippen LogP contribution in [-0.4, -0.2) is 61.6 Å². The molecule has 32 heavy (non-hydrogen) atoms. The molecule has 0 aliphatic heterocycles. The lowest BCUT2D eigenvalue weighted by Gasteiger charge is -2.24. The number of carbonyl (C=O) groups is 1. The van der Waals surface area contributed by atoms with Gasteiger partial charge in [0.15, 0.2) is 15.0 Å². The minimum Gasteiger partial charge on any atom is -0.302 e. The van der Waals surface area contributed by atoms with Gasteiger partial charge in [-0.1, -0.05) is 31.3 Å². The summed E-state index contributed by atoms with van der Waals surface area (Å²) >= 11 is 2.82. The van der Waals surface area contributed by atoms with E-state index < -0.39 is 9.84 Å². The first-order valence-electron chi connectivity index (χ1n) is 10.3. The van der Waals surface area contributed by atoms with Crippen LogP contribution in [0.25, 0.3) is 20.4 Å². The Labute approximate surface area is 195 Å². The van der Waals surface area contributed by atoms with Gasteiger partial charge in [0.25, 0.3) is 5.91 Å². The van der Waals surface area contributed by atoms with Gasteiger partial charge in [0, 0.05) is 24.9 Å². The molecule has 0 aliphatic carbocycles. The van der Waals surface area contributed by atoms with Gasteiger partial charge in [-0.25, -0.2) is 18.4 Å². The summed E-state index contributed by atoms with van der Waals surface area (Å²) in [4.78, 5) is 26.6. The highest BCUT2D eigenvalue weighted by Gasteiger charge is 2.24. The molecule has 0 N–H and O–H groups in total. The average molecular weight is 489 g/mol. The van der Waals surface area contributed by atoms with Gasteiger partial charge in [0.05, 0.1) is 25.3 Å². The molecular weight excluding hydrogens is 464 g/mol. The van der Waals surface area contributed by atoms with Crippen molar-refractivity contribution in [2.75, 3.05) is 37.3 Å². The number of rotatable bonds is 8. The Morgan fingerprint density at radius 3 is 2.56 bits per heavy atom. The maximum absolute atomic E-state index is 13.6. The second-order valence-corrected chi connectivity index (χ2v) is 11.3. The average Bonchev–Trinajstić information content (AvgIpc) is 3.41. The standard InChI is InChI=1S/C22H24N4O3S3/c1-4-25(5-2)11-12-26(21(27)15-9-10-16-18(13-15)30-14-23-16)22-24-20-17(31-22)7-6-8-19(20)32(3,28)29/h6-10,13-14H,4-5,11-12H2,1-3H3. The molecule has 2 aromatic heterocycles. The first kappa shape index (κ1) is 22.8. The third-order valence-electron chi connectivity index (χ3n) is 5.36. The van der Waals surface area contributed by atoms with Crippen molar-refractivity contribution in [3.05, 3.63) is 47.5 Å². The molecule has 0 spiro atoms. The first-order chi connectivity index (χ1) is 15.3. The van der Waals surface area contributed by atoms with Crippen LogP contribution >= 0.6 is 22.7 Å². The van der Waals surface area contributed by atoms with Crippen molar-refractivity contribution in [1.82, 2.24) is 14.9 Å². The summed E-state index contributed by atoms with van der Waals surface area (Å²) in [5.41, 5.74) is 3.59. The SMILES string of the molecule is CCN(CC)CCN(C(=O)c1ccc2ncsc2c1)c1nc2c(S(C)(=O)=O)cccc2s1. The Hall–Kier alpha value is -2.40. The summed E-state index contributed by atoms with van der Waals surface area (Å²) in [6.07, 6.45) is 1.17. The second-order valence-electron chi connectivity index (χ2n) is 7.39. The minimum absolute atomic E-state index is 0.160. The molecule has 0 atom stereocenters. The van der Waals surface area contributed by atoms with E-state index in [1.54, 1.807) is 28.6 Å². The maximum Gasteiger partial charge on any atom is 0.260 e. The van der Waals surface area contributed by atoms with Crippen LogP contribution in [0.3, 0.4) is 0 Å². The number of hydrogen-bond acceptors (Lipinski definition) is 8. The summed E-state index contributed by atoms with van der Waals surface area (Å²) in [6, 6.07) is 10.6. The van der Waals surface area contributed by atoms with Gasteiger partial charge >= 0.3 is 0 Å². The highest BCUT2D eigenvalue weighted by Crippen LogP contribution is 2.33. The maximum atomic E-state index is 13.6. The van der Waals surface area contributed by atoms with Crippen molar-refractivity contribution in [1.29, 1.82) is 0 Å². The minimum atomic E-state index is -3.44. The predicted molar refractivity (Wildman–Crippen MR) is 132 cm³/mol. The molecule has 0 saturated heterocycles. The summed E-state index contributed by atoms with van der Waals surface area (Å²) in [5.74, 6) is -0.160. The molecule has 2 heterocycles. The zero-order valence-corrected chi connectivity index (χ0v) is 20.6. The van der Waals surface area contributed by atoms with Gasteiger partial charge in [-0.3, -0.25) is 9.69 Å². The van der Waals surface area contributed by atoms with Crippen LogP contribution in [0.4, 0.5) is 5.13 Å². The Bertz CT molecular complexity index is 1370. The lowest BCUT2D eigenvalue weighted by atomic mass is 10.2. The zero-order chi connectivity index (χ0) is 22.9. The third-order valence-corrected chi connectivity index (χ3v) is 8.32. The molecule has 4 aromatic rings.